The van der Waals surface area contributed by atoms with E-state index in [0.717, 1.165) is 22.3 Å². The Morgan fingerprint density at radius 2 is 1.05 bits per heavy atom. The first-order valence-electron chi connectivity index (χ1n) is 6.23. The van der Waals surface area contributed by atoms with Crippen LogP contribution in [0.3, 0.4) is 0 Å². The molecule has 0 aliphatic rings. The summed E-state index contributed by atoms with van der Waals surface area (Å²) in [4.78, 5) is 0. The number of hydrogen-bond donors (Lipinski definition) is 2. The molecule has 20 heavy (non-hydrogen) atoms. The van der Waals surface area contributed by atoms with Gasteiger partial charge in [0.15, 0.2) is 23.0 Å². The Morgan fingerprint density at radius 1 is 0.700 bits per heavy atom. The smallest absolute Gasteiger partial charge is 0.161 e. The highest BCUT2D eigenvalue weighted by atomic mass is 16.5. The molecular formula is C16H18O4. The van der Waals surface area contributed by atoms with Gasteiger partial charge in [-0.05, 0) is 60.4 Å². The van der Waals surface area contributed by atoms with E-state index in [-0.39, 0.29) is 11.5 Å². The van der Waals surface area contributed by atoms with E-state index < -0.39 is 0 Å². The fourth-order valence-corrected chi connectivity index (χ4v) is 2.14. The summed E-state index contributed by atoms with van der Waals surface area (Å²) < 4.78 is 10.3. The van der Waals surface area contributed by atoms with Crippen molar-refractivity contribution < 1.29 is 19.7 Å². The Balaban J connectivity index is 2.62. The van der Waals surface area contributed by atoms with Crippen LogP contribution in [-0.4, -0.2) is 24.4 Å². The number of hydrogen-bond acceptors (Lipinski definition) is 4. The molecule has 106 valence electrons. The van der Waals surface area contributed by atoms with E-state index in [2.05, 4.69) is 0 Å². The molecule has 0 unspecified atom stereocenters. The van der Waals surface area contributed by atoms with Gasteiger partial charge in [-0.1, -0.05) is 0 Å². The van der Waals surface area contributed by atoms with Crippen molar-refractivity contribution in [3.05, 3.63) is 35.4 Å². The maximum absolute atomic E-state index is 9.88. The number of rotatable bonds is 3. The van der Waals surface area contributed by atoms with E-state index in [1.165, 1.54) is 14.2 Å². The van der Waals surface area contributed by atoms with Gasteiger partial charge < -0.3 is 19.7 Å². The van der Waals surface area contributed by atoms with E-state index in [0.29, 0.717) is 11.5 Å². The molecule has 0 aromatic heterocycles. The summed E-state index contributed by atoms with van der Waals surface area (Å²) in [6.07, 6.45) is 0. The Bertz CT molecular complexity index is 590. The molecule has 0 atom stereocenters. The standard InChI is InChI=1S/C16H18O4/c1-9-5-11(7-13(19-3)15(9)17)12-6-10(2)16(18)14(8-12)20-4/h5-8,17-18H,1-4H3. The van der Waals surface area contributed by atoms with Gasteiger partial charge in [-0.25, -0.2) is 0 Å². The van der Waals surface area contributed by atoms with Crippen molar-refractivity contribution in [1.29, 1.82) is 0 Å². The van der Waals surface area contributed by atoms with Crippen LogP contribution in [0.15, 0.2) is 24.3 Å². The summed E-state index contributed by atoms with van der Waals surface area (Å²) in [5, 5.41) is 19.8. The summed E-state index contributed by atoms with van der Waals surface area (Å²) in [5.41, 5.74) is 3.23. The topological polar surface area (TPSA) is 58.9 Å². The second-order valence-corrected chi connectivity index (χ2v) is 4.69. The molecule has 4 nitrogen and oxygen atoms in total. The summed E-state index contributed by atoms with van der Waals surface area (Å²) in [7, 11) is 3.03. The second kappa shape index (κ2) is 5.33. The van der Waals surface area contributed by atoms with Gasteiger partial charge in [0.2, 0.25) is 0 Å². The number of phenols is 2. The highest BCUT2D eigenvalue weighted by Crippen LogP contribution is 2.39. The lowest BCUT2D eigenvalue weighted by Gasteiger charge is -2.13. The van der Waals surface area contributed by atoms with Crippen LogP contribution in [0.2, 0.25) is 0 Å². The van der Waals surface area contributed by atoms with Gasteiger partial charge in [0.05, 0.1) is 14.2 Å². The average Bonchev–Trinajstić information content (AvgIpc) is 2.44. The molecule has 4 heteroatoms. The molecule has 0 amide bonds. The molecule has 0 radical (unpaired) electrons. The van der Waals surface area contributed by atoms with Crippen molar-refractivity contribution >= 4 is 0 Å². The predicted molar refractivity (Wildman–Crippen MR) is 77.8 cm³/mol. The Hall–Kier alpha value is -2.36. The predicted octanol–water partition coefficient (Wildman–Crippen LogP) is 3.40. The van der Waals surface area contributed by atoms with E-state index in [4.69, 9.17) is 9.47 Å². The molecule has 0 saturated carbocycles. The quantitative estimate of drug-likeness (QED) is 0.900. The van der Waals surface area contributed by atoms with Crippen LogP contribution in [-0.2, 0) is 0 Å². The molecule has 0 bridgehead atoms. The van der Waals surface area contributed by atoms with Crippen LogP contribution >= 0.6 is 0 Å². The molecule has 0 saturated heterocycles. The number of benzene rings is 2. The molecular weight excluding hydrogens is 256 g/mol. The van der Waals surface area contributed by atoms with Gasteiger partial charge >= 0.3 is 0 Å². The van der Waals surface area contributed by atoms with Crippen LogP contribution in [0, 0.1) is 13.8 Å². The minimum atomic E-state index is 0.138. The highest BCUT2D eigenvalue weighted by Gasteiger charge is 2.12. The third kappa shape index (κ3) is 2.37. The number of phenolic OH excluding ortho intramolecular Hbond substituents is 2. The van der Waals surface area contributed by atoms with Gasteiger partial charge in [-0.3, -0.25) is 0 Å². The Labute approximate surface area is 118 Å². The number of aryl methyl sites for hydroxylation is 2. The van der Waals surface area contributed by atoms with Crippen LogP contribution in [0.1, 0.15) is 11.1 Å². The molecule has 0 fully saturated rings. The van der Waals surface area contributed by atoms with E-state index >= 15 is 0 Å². The normalized spacial score (nSPS) is 10.4. The van der Waals surface area contributed by atoms with E-state index in [1.807, 2.05) is 26.0 Å². The van der Waals surface area contributed by atoms with Gasteiger partial charge in [0.25, 0.3) is 0 Å². The lowest BCUT2D eigenvalue weighted by molar-refractivity contribution is 0.371. The molecule has 2 aromatic carbocycles. The molecule has 0 heterocycles. The maximum Gasteiger partial charge on any atom is 0.161 e. The average molecular weight is 274 g/mol. The van der Waals surface area contributed by atoms with Crippen molar-refractivity contribution in [1.82, 2.24) is 0 Å². The first-order valence-corrected chi connectivity index (χ1v) is 6.23. The van der Waals surface area contributed by atoms with Crippen molar-refractivity contribution in [3.63, 3.8) is 0 Å². The third-order valence-electron chi connectivity index (χ3n) is 3.30. The highest BCUT2D eigenvalue weighted by molar-refractivity contribution is 5.72. The lowest BCUT2D eigenvalue weighted by Crippen LogP contribution is -1.91. The van der Waals surface area contributed by atoms with Crippen molar-refractivity contribution in [3.8, 4) is 34.1 Å². The number of ether oxygens (including phenoxy) is 2. The fraction of sp³-hybridized carbons (Fsp3) is 0.250. The molecule has 0 spiro atoms. The minimum Gasteiger partial charge on any atom is -0.504 e. The third-order valence-corrected chi connectivity index (χ3v) is 3.30. The zero-order chi connectivity index (χ0) is 14.9. The Morgan fingerprint density at radius 3 is 1.35 bits per heavy atom. The molecule has 2 N–H and O–H groups in total. The fourth-order valence-electron chi connectivity index (χ4n) is 2.14. The van der Waals surface area contributed by atoms with Crippen molar-refractivity contribution in [2.75, 3.05) is 14.2 Å². The van der Waals surface area contributed by atoms with Crippen LogP contribution in [0.4, 0.5) is 0 Å². The lowest BCUT2D eigenvalue weighted by atomic mass is 9.99. The summed E-state index contributed by atoms with van der Waals surface area (Å²) in [6.45, 7) is 3.62. The first kappa shape index (κ1) is 14.1. The van der Waals surface area contributed by atoms with Crippen LogP contribution in [0.5, 0.6) is 23.0 Å². The molecule has 2 aromatic rings. The summed E-state index contributed by atoms with van der Waals surface area (Å²) in [6, 6.07) is 7.24. The summed E-state index contributed by atoms with van der Waals surface area (Å²) in [5.74, 6) is 1.12. The monoisotopic (exact) mass is 274 g/mol. The second-order valence-electron chi connectivity index (χ2n) is 4.69. The first-order chi connectivity index (χ1) is 9.47. The molecule has 0 aliphatic carbocycles. The molecule has 2 rings (SSSR count). The van der Waals surface area contributed by atoms with Crippen molar-refractivity contribution in [2.45, 2.75) is 13.8 Å². The van der Waals surface area contributed by atoms with Crippen LogP contribution in [0.25, 0.3) is 11.1 Å². The van der Waals surface area contributed by atoms with Gasteiger partial charge in [0, 0.05) is 0 Å². The SMILES string of the molecule is COc1cc(-c2cc(C)c(O)c(OC)c2)cc(C)c1O. The number of methoxy groups -OCH3 is 2. The zero-order valence-corrected chi connectivity index (χ0v) is 12.0. The summed E-state index contributed by atoms with van der Waals surface area (Å²) >= 11 is 0. The maximum atomic E-state index is 9.88. The van der Waals surface area contributed by atoms with E-state index in [1.54, 1.807) is 12.1 Å². The van der Waals surface area contributed by atoms with E-state index in [9.17, 15) is 10.2 Å². The largest absolute Gasteiger partial charge is 0.504 e. The molecule has 0 aliphatic heterocycles. The van der Waals surface area contributed by atoms with Gasteiger partial charge in [-0.2, -0.15) is 0 Å². The zero-order valence-electron chi connectivity index (χ0n) is 12.0. The number of aromatic hydroxyl groups is 2. The van der Waals surface area contributed by atoms with Gasteiger partial charge in [0.1, 0.15) is 0 Å². The van der Waals surface area contributed by atoms with Gasteiger partial charge in [-0.15, -0.1) is 0 Å². The van der Waals surface area contributed by atoms with Crippen LogP contribution < -0.4 is 9.47 Å². The Kier molecular flexibility index (Phi) is 3.74. The minimum absolute atomic E-state index is 0.138. The van der Waals surface area contributed by atoms with Crippen molar-refractivity contribution in [2.24, 2.45) is 0 Å².